The molecule has 1 aromatic rings. The Morgan fingerprint density at radius 2 is 2.10 bits per heavy atom. The molecule has 1 aliphatic rings. The minimum absolute atomic E-state index is 0.287. The molecule has 0 amide bonds. The van der Waals surface area contributed by atoms with Crippen LogP contribution < -0.4 is 0 Å². The Hall–Kier alpha value is -1.35. The summed E-state index contributed by atoms with van der Waals surface area (Å²) in [6.45, 7) is 5.39. The Kier molecular flexibility index (Phi) is 5.60. The number of benzene rings is 1. The van der Waals surface area contributed by atoms with Crippen molar-refractivity contribution in [2.45, 2.75) is 38.5 Å². The number of carboxylic acid groups (broad SMARTS) is 1. The van der Waals surface area contributed by atoms with Crippen LogP contribution in [0.15, 0.2) is 30.3 Å². The van der Waals surface area contributed by atoms with Crippen LogP contribution in [0, 0.1) is 5.92 Å². The molecule has 0 spiro atoms. The average Bonchev–Trinajstić information content (AvgIpc) is 2.47. The van der Waals surface area contributed by atoms with Gasteiger partial charge in [-0.05, 0) is 43.3 Å². The lowest BCUT2D eigenvalue weighted by molar-refractivity contribution is -0.137. The van der Waals surface area contributed by atoms with E-state index in [0.29, 0.717) is 11.8 Å². The molecule has 1 aliphatic heterocycles. The average molecular weight is 275 g/mol. The third-order valence-electron chi connectivity index (χ3n) is 4.44. The summed E-state index contributed by atoms with van der Waals surface area (Å²) >= 11 is 0. The zero-order valence-corrected chi connectivity index (χ0v) is 12.3. The standard InChI is InChI=1S/C17H25NO2/c1-2-14-13-18(11-6-9-17(19)20)12-10-16(14)15-7-4-3-5-8-15/h3-5,7-8,14,16H,2,6,9-13H2,1H3,(H,19,20)/t14-,16+/m1/s1. The highest BCUT2D eigenvalue weighted by molar-refractivity contribution is 5.66. The number of carboxylic acids is 1. The van der Waals surface area contributed by atoms with E-state index in [0.717, 1.165) is 26.1 Å². The fourth-order valence-corrected chi connectivity index (χ4v) is 3.32. The highest BCUT2D eigenvalue weighted by Gasteiger charge is 2.28. The smallest absolute Gasteiger partial charge is 0.303 e. The number of likely N-dealkylation sites (tertiary alicyclic amines) is 1. The Labute approximate surface area is 121 Å². The second-order valence-electron chi connectivity index (χ2n) is 5.77. The SMILES string of the molecule is CC[C@@H]1CN(CCCC(=O)O)CC[C@@H]1c1ccccc1. The van der Waals surface area contributed by atoms with Gasteiger partial charge in [0.1, 0.15) is 0 Å². The normalized spacial score (nSPS) is 23.6. The number of carbonyl (C=O) groups is 1. The number of rotatable bonds is 6. The largest absolute Gasteiger partial charge is 0.481 e. The molecule has 0 aliphatic carbocycles. The fourth-order valence-electron chi connectivity index (χ4n) is 3.32. The summed E-state index contributed by atoms with van der Waals surface area (Å²) in [7, 11) is 0. The third-order valence-corrected chi connectivity index (χ3v) is 4.44. The van der Waals surface area contributed by atoms with Crippen molar-refractivity contribution in [3.8, 4) is 0 Å². The molecule has 0 radical (unpaired) electrons. The van der Waals surface area contributed by atoms with Crippen LogP contribution in [0.5, 0.6) is 0 Å². The van der Waals surface area contributed by atoms with Gasteiger partial charge in [-0.2, -0.15) is 0 Å². The summed E-state index contributed by atoms with van der Waals surface area (Å²) in [5, 5.41) is 8.71. The van der Waals surface area contributed by atoms with Crippen LogP contribution in [0.4, 0.5) is 0 Å². The van der Waals surface area contributed by atoms with Crippen LogP contribution in [0.3, 0.4) is 0 Å². The zero-order valence-electron chi connectivity index (χ0n) is 12.3. The van der Waals surface area contributed by atoms with E-state index in [1.54, 1.807) is 0 Å². The van der Waals surface area contributed by atoms with E-state index in [1.165, 1.54) is 18.4 Å². The summed E-state index contributed by atoms with van der Waals surface area (Å²) < 4.78 is 0. The van der Waals surface area contributed by atoms with Crippen LogP contribution in [0.1, 0.15) is 44.1 Å². The molecule has 3 heteroatoms. The first-order valence-corrected chi connectivity index (χ1v) is 7.69. The number of hydrogen-bond acceptors (Lipinski definition) is 2. The third kappa shape index (κ3) is 4.07. The lowest BCUT2D eigenvalue weighted by Gasteiger charge is -2.38. The molecule has 0 unspecified atom stereocenters. The number of hydrogen-bond donors (Lipinski definition) is 1. The highest BCUT2D eigenvalue weighted by Crippen LogP contribution is 2.34. The fraction of sp³-hybridized carbons (Fsp3) is 0.588. The van der Waals surface area contributed by atoms with Crippen molar-refractivity contribution in [1.29, 1.82) is 0 Å². The highest BCUT2D eigenvalue weighted by atomic mass is 16.4. The molecule has 1 heterocycles. The van der Waals surface area contributed by atoms with Gasteiger partial charge in [-0.1, -0.05) is 43.7 Å². The van der Waals surface area contributed by atoms with Crippen LogP contribution in [0.25, 0.3) is 0 Å². The van der Waals surface area contributed by atoms with Crippen molar-refractivity contribution < 1.29 is 9.90 Å². The first-order valence-electron chi connectivity index (χ1n) is 7.69. The van der Waals surface area contributed by atoms with Crippen LogP contribution in [-0.2, 0) is 4.79 Å². The molecular formula is C17H25NO2. The Morgan fingerprint density at radius 3 is 2.75 bits per heavy atom. The van der Waals surface area contributed by atoms with Gasteiger partial charge in [0, 0.05) is 13.0 Å². The van der Waals surface area contributed by atoms with Crippen molar-refractivity contribution in [3.05, 3.63) is 35.9 Å². The Bertz CT molecular complexity index is 418. The maximum atomic E-state index is 10.6. The monoisotopic (exact) mass is 275 g/mol. The maximum absolute atomic E-state index is 10.6. The van der Waals surface area contributed by atoms with Crippen molar-refractivity contribution in [1.82, 2.24) is 4.90 Å². The molecule has 2 rings (SSSR count). The van der Waals surface area contributed by atoms with Crippen molar-refractivity contribution in [2.24, 2.45) is 5.92 Å². The molecule has 1 fully saturated rings. The lowest BCUT2D eigenvalue weighted by atomic mass is 9.79. The van der Waals surface area contributed by atoms with Crippen LogP contribution in [-0.4, -0.2) is 35.6 Å². The molecule has 1 aromatic carbocycles. The Balaban J connectivity index is 1.89. The molecule has 20 heavy (non-hydrogen) atoms. The van der Waals surface area contributed by atoms with E-state index in [-0.39, 0.29) is 6.42 Å². The van der Waals surface area contributed by atoms with E-state index in [4.69, 9.17) is 5.11 Å². The van der Waals surface area contributed by atoms with Gasteiger partial charge in [0.25, 0.3) is 0 Å². The van der Waals surface area contributed by atoms with Crippen molar-refractivity contribution in [3.63, 3.8) is 0 Å². The van der Waals surface area contributed by atoms with Gasteiger partial charge < -0.3 is 10.0 Å². The van der Waals surface area contributed by atoms with E-state index in [2.05, 4.69) is 42.2 Å². The summed E-state index contributed by atoms with van der Waals surface area (Å²) in [5.41, 5.74) is 1.46. The van der Waals surface area contributed by atoms with Gasteiger partial charge in [-0.3, -0.25) is 4.79 Å². The molecule has 1 saturated heterocycles. The van der Waals surface area contributed by atoms with Gasteiger partial charge in [-0.25, -0.2) is 0 Å². The molecule has 0 saturated carbocycles. The molecule has 3 nitrogen and oxygen atoms in total. The lowest BCUT2D eigenvalue weighted by Crippen LogP contribution is -2.39. The predicted molar refractivity (Wildman–Crippen MR) is 80.9 cm³/mol. The summed E-state index contributed by atoms with van der Waals surface area (Å²) in [6, 6.07) is 10.8. The van der Waals surface area contributed by atoms with Crippen LogP contribution >= 0.6 is 0 Å². The molecule has 2 atom stereocenters. The van der Waals surface area contributed by atoms with Crippen LogP contribution in [0.2, 0.25) is 0 Å². The van der Waals surface area contributed by atoms with E-state index >= 15 is 0 Å². The maximum Gasteiger partial charge on any atom is 0.303 e. The Morgan fingerprint density at radius 1 is 1.35 bits per heavy atom. The van der Waals surface area contributed by atoms with Gasteiger partial charge in [0.15, 0.2) is 0 Å². The number of piperidine rings is 1. The molecule has 0 aromatic heterocycles. The molecule has 0 bridgehead atoms. The first-order chi connectivity index (χ1) is 9.70. The molecular weight excluding hydrogens is 250 g/mol. The van der Waals surface area contributed by atoms with E-state index < -0.39 is 5.97 Å². The summed E-state index contributed by atoms with van der Waals surface area (Å²) in [6.07, 6.45) is 3.43. The summed E-state index contributed by atoms with van der Waals surface area (Å²) in [5.74, 6) is 0.670. The number of nitrogens with zero attached hydrogens (tertiary/aromatic N) is 1. The van der Waals surface area contributed by atoms with Gasteiger partial charge >= 0.3 is 5.97 Å². The zero-order chi connectivity index (χ0) is 14.4. The van der Waals surface area contributed by atoms with Gasteiger partial charge in [-0.15, -0.1) is 0 Å². The van der Waals surface area contributed by atoms with Gasteiger partial charge in [0.2, 0.25) is 0 Å². The second kappa shape index (κ2) is 7.44. The van der Waals surface area contributed by atoms with E-state index in [1.807, 2.05) is 0 Å². The van der Waals surface area contributed by atoms with Gasteiger partial charge in [0.05, 0.1) is 0 Å². The molecule has 110 valence electrons. The topological polar surface area (TPSA) is 40.5 Å². The van der Waals surface area contributed by atoms with E-state index in [9.17, 15) is 4.79 Å². The number of aliphatic carboxylic acids is 1. The quantitative estimate of drug-likeness (QED) is 0.865. The summed E-state index contributed by atoms with van der Waals surface area (Å²) in [4.78, 5) is 13.0. The predicted octanol–water partition coefficient (Wildman–Crippen LogP) is 3.37. The van der Waals surface area contributed by atoms with Crippen molar-refractivity contribution in [2.75, 3.05) is 19.6 Å². The first kappa shape index (κ1) is 15.0. The molecule has 1 N–H and O–H groups in total. The van der Waals surface area contributed by atoms with Crippen molar-refractivity contribution >= 4 is 5.97 Å². The minimum Gasteiger partial charge on any atom is -0.481 e. The second-order valence-corrected chi connectivity index (χ2v) is 5.77. The minimum atomic E-state index is -0.684.